The number of hydrogen-bond donors (Lipinski definition) is 1. The standard InChI is InChI=1S/C21H14F3N7O2S2/c1-11-6-14-15(7-25)18(31(19(14)28-8-11)20-29-10-17(26-3)34-20)16-5-4-13(9-27-16)35(32,33)30-12(2)21(22,23)24/h4-6,8-10,12,30H,1-2H3/t12-/m0/s1. The zero-order valence-electron chi connectivity index (χ0n) is 18.0. The molecule has 0 spiro atoms. The van der Waals surface area contributed by atoms with E-state index < -0.39 is 27.1 Å². The highest BCUT2D eigenvalue weighted by Crippen LogP contribution is 2.37. The van der Waals surface area contributed by atoms with Crippen LogP contribution < -0.4 is 4.72 Å². The second kappa shape index (κ2) is 8.74. The highest BCUT2D eigenvalue weighted by Gasteiger charge is 2.39. The first-order valence-corrected chi connectivity index (χ1v) is 12.1. The van der Waals surface area contributed by atoms with Crippen molar-refractivity contribution < 1.29 is 21.6 Å². The van der Waals surface area contributed by atoms with Gasteiger partial charge in [0.15, 0.2) is 5.13 Å². The molecule has 0 aliphatic rings. The molecule has 0 saturated heterocycles. The fourth-order valence-electron chi connectivity index (χ4n) is 3.27. The van der Waals surface area contributed by atoms with E-state index in [2.05, 4.69) is 25.9 Å². The van der Waals surface area contributed by atoms with Crippen molar-refractivity contribution in [3.8, 4) is 22.6 Å². The zero-order chi connectivity index (χ0) is 25.5. The molecule has 0 bridgehead atoms. The van der Waals surface area contributed by atoms with E-state index >= 15 is 0 Å². The fraction of sp³-hybridized carbons (Fsp3) is 0.190. The lowest BCUT2D eigenvalue weighted by Crippen LogP contribution is -2.42. The summed E-state index contributed by atoms with van der Waals surface area (Å²) in [6, 6.07) is 3.97. The monoisotopic (exact) mass is 517 g/mol. The molecule has 4 aromatic rings. The number of nitriles is 1. The summed E-state index contributed by atoms with van der Waals surface area (Å²) in [6.45, 7) is 9.71. The normalized spacial score (nSPS) is 12.9. The molecule has 1 N–H and O–H groups in total. The van der Waals surface area contributed by atoms with Crippen molar-refractivity contribution in [2.24, 2.45) is 0 Å². The molecule has 0 aromatic carbocycles. The number of pyridine rings is 2. The molecule has 4 aromatic heterocycles. The van der Waals surface area contributed by atoms with Crippen molar-refractivity contribution in [2.75, 3.05) is 0 Å². The quantitative estimate of drug-likeness (QED) is 0.390. The zero-order valence-corrected chi connectivity index (χ0v) is 19.6. The summed E-state index contributed by atoms with van der Waals surface area (Å²) in [5, 5.41) is 11.1. The van der Waals surface area contributed by atoms with Gasteiger partial charge in [-0.1, -0.05) is 0 Å². The predicted octanol–water partition coefficient (Wildman–Crippen LogP) is 4.50. The number of sulfonamides is 1. The summed E-state index contributed by atoms with van der Waals surface area (Å²) in [5.41, 5.74) is 1.79. The van der Waals surface area contributed by atoms with Crippen LogP contribution in [0.5, 0.6) is 0 Å². The van der Waals surface area contributed by atoms with Gasteiger partial charge in [0, 0.05) is 24.0 Å². The minimum atomic E-state index is -4.76. The van der Waals surface area contributed by atoms with Crippen LogP contribution in [0.15, 0.2) is 41.7 Å². The van der Waals surface area contributed by atoms with E-state index in [9.17, 15) is 26.9 Å². The number of halogens is 3. The number of aromatic nitrogens is 4. The van der Waals surface area contributed by atoms with Crippen molar-refractivity contribution in [1.29, 1.82) is 5.26 Å². The molecule has 0 amide bonds. The summed E-state index contributed by atoms with van der Waals surface area (Å²) >= 11 is 1.06. The van der Waals surface area contributed by atoms with Crippen molar-refractivity contribution in [3.05, 3.63) is 59.3 Å². The van der Waals surface area contributed by atoms with E-state index in [0.29, 0.717) is 28.1 Å². The van der Waals surface area contributed by atoms with Gasteiger partial charge in [-0.2, -0.15) is 23.2 Å². The largest absolute Gasteiger partial charge is 0.404 e. The van der Waals surface area contributed by atoms with Gasteiger partial charge in [0.25, 0.3) is 5.00 Å². The summed E-state index contributed by atoms with van der Waals surface area (Å²) in [4.78, 5) is 15.7. The molecule has 9 nitrogen and oxygen atoms in total. The second-order valence-corrected chi connectivity index (χ2v) is 10.1. The topological polar surface area (TPSA) is 118 Å². The lowest BCUT2D eigenvalue weighted by atomic mass is 10.1. The van der Waals surface area contributed by atoms with Gasteiger partial charge in [0.2, 0.25) is 10.0 Å². The molecular weight excluding hydrogens is 503 g/mol. The van der Waals surface area contributed by atoms with Crippen LogP contribution in [0.1, 0.15) is 18.1 Å². The second-order valence-electron chi connectivity index (χ2n) is 7.41. The summed E-state index contributed by atoms with van der Waals surface area (Å²) in [6.07, 6.45) is -0.871. The number of nitrogens with one attached hydrogen (secondary N) is 1. The lowest BCUT2D eigenvalue weighted by molar-refractivity contribution is -0.147. The Kier molecular flexibility index (Phi) is 6.06. The van der Waals surface area contributed by atoms with Crippen LogP contribution in [0.25, 0.3) is 32.4 Å². The number of nitrogens with zero attached hydrogens (tertiary/aromatic N) is 6. The average Bonchev–Trinajstić information content (AvgIpc) is 3.39. The Morgan fingerprint density at radius 2 is 1.97 bits per heavy atom. The average molecular weight is 518 g/mol. The number of aryl methyl sites for hydroxylation is 1. The number of rotatable bonds is 5. The van der Waals surface area contributed by atoms with Gasteiger partial charge in [-0.3, -0.25) is 9.55 Å². The van der Waals surface area contributed by atoms with Crippen LogP contribution in [0.2, 0.25) is 0 Å². The Morgan fingerprint density at radius 3 is 2.54 bits per heavy atom. The maximum Gasteiger partial charge on any atom is 0.404 e. The SMILES string of the molecule is [C-]#[N+]c1cnc(-n2c(-c3ccc(S(=O)(=O)N[C@@H](C)C(F)(F)F)cn3)c(C#N)c3cc(C)cnc32)s1. The molecule has 0 fully saturated rings. The Balaban J connectivity index is 1.88. The van der Waals surface area contributed by atoms with E-state index in [1.54, 1.807) is 28.5 Å². The molecule has 35 heavy (non-hydrogen) atoms. The summed E-state index contributed by atoms with van der Waals surface area (Å²) < 4.78 is 66.4. The minimum Gasteiger partial charge on any atom is -0.267 e. The Hall–Kier alpha value is -3.85. The van der Waals surface area contributed by atoms with Gasteiger partial charge in [0.1, 0.15) is 22.7 Å². The smallest absolute Gasteiger partial charge is 0.267 e. The number of alkyl halides is 3. The van der Waals surface area contributed by atoms with E-state index in [-0.39, 0.29) is 17.0 Å². The predicted molar refractivity (Wildman–Crippen MR) is 122 cm³/mol. The Bertz CT molecular complexity index is 1630. The van der Waals surface area contributed by atoms with Gasteiger partial charge in [0.05, 0.1) is 23.5 Å². The molecule has 0 aliphatic carbocycles. The lowest BCUT2D eigenvalue weighted by Gasteiger charge is -2.17. The summed E-state index contributed by atoms with van der Waals surface area (Å²) in [7, 11) is -4.51. The molecule has 1 atom stereocenters. The van der Waals surface area contributed by atoms with Gasteiger partial charge < -0.3 is 0 Å². The maximum absolute atomic E-state index is 12.8. The van der Waals surface area contributed by atoms with E-state index in [1.165, 1.54) is 12.3 Å². The summed E-state index contributed by atoms with van der Waals surface area (Å²) in [5.74, 6) is 0. The molecule has 4 heterocycles. The first-order chi connectivity index (χ1) is 16.5. The number of fused-ring (bicyclic) bond motifs is 1. The van der Waals surface area contributed by atoms with Gasteiger partial charge in [-0.05, 0) is 37.6 Å². The third-order valence-electron chi connectivity index (χ3n) is 4.95. The Morgan fingerprint density at radius 1 is 1.23 bits per heavy atom. The van der Waals surface area contributed by atoms with Crippen LogP contribution in [0.4, 0.5) is 18.2 Å². The Labute approximate surface area is 201 Å². The van der Waals surface area contributed by atoms with Crippen molar-refractivity contribution in [3.63, 3.8) is 0 Å². The minimum absolute atomic E-state index is 0.166. The molecule has 4 rings (SSSR count). The van der Waals surface area contributed by atoms with Crippen LogP contribution >= 0.6 is 11.3 Å². The van der Waals surface area contributed by atoms with E-state index in [1.807, 2.05) is 0 Å². The number of hydrogen-bond acceptors (Lipinski definition) is 7. The molecule has 178 valence electrons. The maximum atomic E-state index is 12.8. The van der Waals surface area contributed by atoms with E-state index in [0.717, 1.165) is 29.2 Å². The third-order valence-corrected chi connectivity index (χ3v) is 7.35. The third kappa shape index (κ3) is 4.46. The van der Waals surface area contributed by atoms with Crippen LogP contribution in [-0.2, 0) is 10.0 Å². The highest BCUT2D eigenvalue weighted by atomic mass is 32.2. The molecular formula is C21H14F3N7O2S2. The van der Waals surface area contributed by atoms with E-state index in [4.69, 9.17) is 6.57 Å². The molecule has 0 unspecified atom stereocenters. The van der Waals surface area contributed by atoms with Crippen LogP contribution in [0.3, 0.4) is 0 Å². The first-order valence-electron chi connectivity index (χ1n) is 9.76. The van der Waals surface area contributed by atoms with Crippen molar-refractivity contribution in [1.82, 2.24) is 24.2 Å². The molecule has 0 radical (unpaired) electrons. The highest BCUT2D eigenvalue weighted by molar-refractivity contribution is 7.89. The molecule has 0 aliphatic heterocycles. The van der Waals surface area contributed by atoms with Gasteiger partial charge >= 0.3 is 6.18 Å². The first kappa shape index (κ1) is 24.3. The molecule has 0 saturated carbocycles. The van der Waals surface area contributed by atoms with Crippen molar-refractivity contribution in [2.45, 2.75) is 31.0 Å². The van der Waals surface area contributed by atoms with Crippen molar-refractivity contribution >= 4 is 37.4 Å². The molecule has 14 heteroatoms. The number of thiazole rings is 1. The fourth-order valence-corrected chi connectivity index (χ4v) is 5.16. The van der Waals surface area contributed by atoms with Gasteiger partial charge in [-0.25, -0.2) is 23.2 Å². The van der Waals surface area contributed by atoms with Gasteiger partial charge in [-0.15, -0.1) is 11.3 Å². The van der Waals surface area contributed by atoms with Crippen LogP contribution in [0, 0.1) is 24.8 Å². The van der Waals surface area contributed by atoms with Crippen LogP contribution in [-0.4, -0.2) is 40.2 Å².